The predicted molar refractivity (Wildman–Crippen MR) is 55.7 cm³/mol. The fourth-order valence-corrected chi connectivity index (χ4v) is 1.80. The van der Waals surface area contributed by atoms with Gasteiger partial charge in [-0.3, -0.25) is 11.3 Å². The van der Waals surface area contributed by atoms with E-state index in [1.54, 1.807) is 12.1 Å². The second kappa shape index (κ2) is 4.16. The van der Waals surface area contributed by atoms with Crippen molar-refractivity contribution in [3.63, 3.8) is 0 Å². The van der Waals surface area contributed by atoms with Crippen LogP contribution < -0.4 is 16.0 Å². The summed E-state index contributed by atoms with van der Waals surface area (Å²) in [6.45, 7) is 0. The second-order valence-electron chi connectivity index (χ2n) is 3.87. The largest absolute Gasteiger partial charge is 0.497 e. The van der Waals surface area contributed by atoms with E-state index in [9.17, 15) is 4.39 Å². The lowest BCUT2D eigenvalue weighted by atomic mass is 10.0. The van der Waals surface area contributed by atoms with Crippen LogP contribution in [0, 0.1) is 11.7 Å². The summed E-state index contributed by atoms with van der Waals surface area (Å²) in [7, 11) is 1.52. The molecule has 0 bridgehead atoms. The molecule has 0 amide bonds. The first-order chi connectivity index (χ1) is 7.26. The van der Waals surface area contributed by atoms with Crippen LogP contribution in [-0.2, 0) is 0 Å². The van der Waals surface area contributed by atoms with Gasteiger partial charge < -0.3 is 4.74 Å². The van der Waals surface area contributed by atoms with Crippen molar-refractivity contribution < 1.29 is 9.13 Å². The SMILES string of the molecule is COc1ccc(C(NN)C2CC2)c(F)c1. The number of halogens is 1. The van der Waals surface area contributed by atoms with E-state index in [1.165, 1.54) is 13.2 Å². The molecule has 0 radical (unpaired) electrons. The lowest BCUT2D eigenvalue weighted by Gasteiger charge is -2.16. The molecular formula is C11H15FN2O. The van der Waals surface area contributed by atoms with Crippen LogP contribution in [0.15, 0.2) is 18.2 Å². The molecular weight excluding hydrogens is 195 g/mol. The summed E-state index contributed by atoms with van der Waals surface area (Å²) in [5.74, 6) is 6.18. The Bertz CT molecular complexity index is 352. The Hall–Kier alpha value is -1.13. The minimum Gasteiger partial charge on any atom is -0.497 e. The Morgan fingerprint density at radius 2 is 2.27 bits per heavy atom. The highest BCUT2D eigenvalue weighted by atomic mass is 19.1. The Kier molecular flexibility index (Phi) is 2.88. The zero-order valence-corrected chi connectivity index (χ0v) is 8.66. The maximum absolute atomic E-state index is 13.7. The number of ether oxygens (including phenoxy) is 1. The minimum absolute atomic E-state index is 0.0732. The highest BCUT2D eigenvalue weighted by Crippen LogP contribution is 2.41. The van der Waals surface area contributed by atoms with Crippen molar-refractivity contribution in [3.8, 4) is 5.75 Å². The molecule has 0 spiro atoms. The van der Waals surface area contributed by atoms with E-state index < -0.39 is 0 Å². The van der Waals surface area contributed by atoms with Crippen molar-refractivity contribution in [1.29, 1.82) is 0 Å². The Labute approximate surface area is 88.4 Å². The van der Waals surface area contributed by atoms with E-state index in [-0.39, 0.29) is 11.9 Å². The van der Waals surface area contributed by atoms with Gasteiger partial charge in [-0.15, -0.1) is 0 Å². The van der Waals surface area contributed by atoms with Crippen LogP contribution in [0.5, 0.6) is 5.75 Å². The number of hydrogen-bond acceptors (Lipinski definition) is 3. The van der Waals surface area contributed by atoms with E-state index in [2.05, 4.69) is 5.43 Å². The fourth-order valence-electron chi connectivity index (χ4n) is 1.80. The number of benzene rings is 1. The zero-order chi connectivity index (χ0) is 10.8. The van der Waals surface area contributed by atoms with Crippen LogP contribution in [-0.4, -0.2) is 7.11 Å². The van der Waals surface area contributed by atoms with Crippen molar-refractivity contribution in [3.05, 3.63) is 29.6 Å². The lowest BCUT2D eigenvalue weighted by molar-refractivity contribution is 0.407. The van der Waals surface area contributed by atoms with E-state index in [0.717, 1.165) is 12.8 Å². The molecule has 0 aromatic heterocycles. The number of hydrogen-bond donors (Lipinski definition) is 2. The van der Waals surface area contributed by atoms with E-state index >= 15 is 0 Å². The topological polar surface area (TPSA) is 47.3 Å². The molecule has 82 valence electrons. The summed E-state index contributed by atoms with van der Waals surface area (Å²) in [4.78, 5) is 0. The van der Waals surface area contributed by atoms with Crippen LogP contribution in [0.25, 0.3) is 0 Å². The smallest absolute Gasteiger partial charge is 0.131 e. The zero-order valence-electron chi connectivity index (χ0n) is 8.66. The minimum atomic E-state index is -0.260. The molecule has 3 N–H and O–H groups in total. The number of hydrazine groups is 1. The molecule has 1 aromatic rings. The highest BCUT2D eigenvalue weighted by Gasteiger charge is 2.33. The van der Waals surface area contributed by atoms with Gasteiger partial charge in [0.05, 0.1) is 13.2 Å². The van der Waals surface area contributed by atoms with E-state index in [4.69, 9.17) is 10.6 Å². The normalized spacial score (nSPS) is 17.5. The molecule has 0 saturated heterocycles. The second-order valence-corrected chi connectivity index (χ2v) is 3.87. The summed E-state index contributed by atoms with van der Waals surface area (Å²) in [6.07, 6.45) is 2.22. The molecule has 0 heterocycles. The van der Waals surface area contributed by atoms with E-state index in [1.807, 2.05) is 0 Å². The molecule has 1 aromatic carbocycles. The molecule has 0 aliphatic heterocycles. The molecule has 15 heavy (non-hydrogen) atoms. The number of nitrogens with two attached hydrogens (primary N) is 1. The lowest BCUT2D eigenvalue weighted by Crippen LogP contribution is -2.30. The maximum atomic E-state index is 13.7. The summed E-state index contributed by atoms with van der Waals surface area (Å²) < 4.78 is 18.6. The standard InChI is InChI=1S/C11H15FN2O/c1-15-8-4-5-9(10(12)6-8)11(14-13)7-2-3-7/h4-7,11,14H,2-3,13H2,1H3. The van der Waals surface area contributed by atoms with Gasteiger partial charge >= 0.3 is 0 Å². The predicted octanol–water partition coefficient (Wildman–Crippen LogP) is 1.75. The van der Waals surface area contributed by atoms with Crippen LogP contribution in [0.3, 0.4) is 0 Å². The third kappa shape index (κ3) is 2.11. The first-order valence-corrected chi connectivity index (χ1v) is 5.06. The first-order valence-electron chi connectivity index (χ1n) is 5.06. The highest BCUT2D eigenvalue weighted by molar-refractivity contribution is 5.31. The summed E-state index contributed by atoms with van der Waals surface area (Å²) in [5.41, 5.74) is 3.30. The van der Waals surface area contributed by atoms with Gasteiger partial charge in [0, 0.05) is 11.6 Å². The van der Waals surface area contributed by atoms with Gasteiger partial charge in [-0.05, 0) is 24.8 Å². The van der Waals surface area contributed by atoms with Crippen LogP contribution in [0.4, 0.5) is 4.39 Å². The molecule has 3 nitrogen and oxygen atoms in total. The van der Waals surface area contributed by atoms with Gasteiger partial charge in [0.15, 0.2) is 0 Å². The molecule has 2 rings (SSSR count). The summed E-state index contributed by atoms with van der Waals surface area (Å²) in [6, 6.07) is 4.81. The number of methoxy groups -OCH3 is 1. The molecule has 1 aliphatic rings. The number of rotatable bonds is 4. The monoisotopic (exact) mass is 210 g/mol. The van der Waals surface area contributed by atoms with Gasteiger partial charge in [0.1, 0.15) is 11.6 Å². The van der Waals surface area contributed by atoms with Gasteiger partial charge in [0.25, 0.3) is 0 Å². The molecule has 1 saturated carbocycles. The Morgan fingerprint density at radius 1 is 1.53 bits per heavy atom. The third-order valence-electron chi connectivity index (χ3n) is 2.82. The van der Waals surface area contributed by atoms with Crippen molar-refractivity contribution >= 4 is 0 Å². The van der Waals surface area contributed by atoms with Gasteiger partial charge in [-0.2, -0.15) is 0 Å². The first kappa shape index (κ1) is 10.4. The van der Waals surface area contributed by atoms with Crippen molar-refractivity contribution in [2.24, 2.45) is 11.8 Å². The molecule has 4 heteroatoms. The van der Waals surface area contributed by atoms with Crippen molar-refractivity contribution in [2.45, 2.75) is 18.9 Å². The van der Waals surface area contributed by atoms with Crippen LogP contribution in [0.1, 0.15) is 24.4 Å². The average molecular weight is 210 g/mol. The van der Waals surface area contributed by atoms with Gasteiger partial charge in [-0.25, -0.2) is 4.39 Å². The molecule has 1 fully saturated rings. The Balaban J connectivity index is 2.26. The summed E-state index contributed by atoms with van der Waals surface area (Å²) >= 11 is 0. The van der Waals surface area contributed by atoms with Gasteiger partial charge in [-0.1, -0.05) is 6.07 Å². The van der Waals surface area contributed by atoms with Crippen LogP contribution in [0.2, 0.25) is 0 Å². The quantitative estimate of drug-likeness (QED) is 0.588. The Morgan fingerprint density at radius 3 is 2.73 bits per heavy atom. The van der Waals surface area contributed by atoms with Crippen LogP contribution >= 0.6 is 0 Å². The average Bonchev–Trinajstić information content (AvgIpc) is 3.05. The maximum Gasteiger partial charge on any atom is 0.131 e. The molecule has 1 aliphatic carbocycles. The van der Waals surface area contributed by atoms with E-state index in [0.29, 0.717) is 17.2 Å². The van der Waals surface area contributed by atoms with Crippen molar-refractivity contribution in [1.82, 2.24) is 5.43 Å². The third-order valence-corrected chi connectivity index (χ3v) is 2.82. The molecule has 1 atom stereocenters. The number of nitrogens with one attached hydrogen (secondary N) is 1. The molecule has 1 unspecified atom stereocenters. The van der Waals surface area contributed by atoms with Crippen molar-refractivity contribution in [2.75, 3.05) is 7.11 Å². The fraction of sp³-hybridized carbons (Fsp3) is 0.455. The van der Waals surface area contributed by atoms with Gasteiger partial charge in [0.2, 0.25) is 0 Å². The summed E-state index contributed by atoms with van der Waals surface area (Å²) in [5, 5.41) is 0.